The van der Waals surface area contributed by atoms with E-state index in [4.69, 9.17) is 4.74 Å². The number of hydrogen-bond donors (Lipinski definition) is 1. The third-order valence-corrected chi connectivity index (χ3v) is 3.17. The van der Waals surface area contributed by atoms with Gasteiger partial charge < -0.3 is 10.1 Å². The van der Waals surface area contributed by atoms with Crippen molar-refractivity contribution in [1.82, 2.24) is 10.2 Å². The van der Waals surface area contributed by atoms with Gasteiger partial charge in [-0.05, 0) is 31.5 Å². The Balaban J connectivity index is 2.06. The molecule has 1 aliphatic rings. The Morgan fingerprint density at radius 3 is 2.76 bits per heavy atom. The minimum absolute atomic E-state index is 0.0560. The van der Waals surface area contributed by atoms with Crippen molar-refractivity contribution >= 4 is 17.9 Å². The van der Waals surface area contributed by atoms with Crippen LogP contribution in [0.3, 0.4) is 0 Å². The maximum atomic E-state index is 13.2. The lowest BCUT2D eigenvalue weighted by molar-refractivity contribution is -0.136. The van der Waals surface area contributed by atoms with Crippen molar-refractivity contribution in [3.63, 3.8) is 0 Å². The summed E-state index contributed by atoms with van der Waals surface area (Å²) in [5.41, 5.74) is 0.598. The molecule has 1 fully saturated rings. The Labute approximate surface area is 120 Å². The SMILES string of the molecule is Cc1ccc(F)cc1C(=O)O[C@@H](C)C(=O)N1CCNC1=O. The summed E-state index contributed by atoms with van der Waals surface area (Å²) >= 11 is 0. The van der Waals surface area contributed by atoms with Crippen molar-refractivity contribution in [3.8, 4) is 0 Å². The maximum Gasteiger partial charge on any atom is 0.339 e. The van der Waals surface area contributed by atoms with Gasteiger partial charge in [0.25, 0.3) is 5.91 Å². The Hall–Kier alpha value is -2.44. The van der Waals surface area contributed by atoms with Gasteiger partial charge in [0.2, 0.25) is 0 Å². The third-order valence-electron chi connectivity index (χ3n) is 3.17. The van der Waals surface area contributed by atoms with Gasteiger partial charge in [-0.1, -0.05) is 6.07 Å². The van der Waals surface area contributed by atoms with Crippen LogP contribution < -0.4 is 5.32 Å². The number of benzene rings is 1. The normalized spacial score (nSPS) is 15.6. The Morgan fingerprint density at radius 2 is 2.14 bits per heavy atom. The zero-order chi connectivity index (χ0) is 15.6. The fraction of sp³-hybridized carbons (Fsp3) is 0.357. The monoisotopic (exact) mass is 294 g/mol. The molecule has 112 valence electrons. The molecule has 6 nitrogen and oxygen atoms in total. The van der Waals surface area contributed by atoms with Crippen LogP contribution in [0.25, 0.3) is 0 Å². The lowest BCUT2D eigenvalue weighted by atomic mass is 10.1. The number of aryl methyl sites for hydroxylation is 1. The van der Waals surface area contributed by atoms with E-state index in [1.807, 2.05) is 0 Å². The number of carbonyl (C=O) groups is 3. The first-order chi connectivity index (χ1) is 9.90. The number of ether oxygens (including phenoxy) is 1. The summed E-state index contributed by atoms with van der Waals surface area (Å²) in [4.78, 5) is 36.3. The van der Waals surface area contributed by atoms with E-state index in [1.165, 1.54) is 19.1 Å². The molecule has 2 rings (SSSR count). The zero-order valence-corrected chi connectivity index (χ0v) is 11.7. The van der Waals surface area contributed by atoms with E-state index in [-0.39, 0.29) is 12.1 Å². The van der Waals surface area contributed by atoms with Gasteiger partial charge >= 0.3 is 12.0 Å². The molecule has 0 saturated carbocycles. The van der Waals surface area contributed by atoms with Gasteiger partial charge in [0.05, 0.1) is 5.56 Å². The molecule has 1 aromatic rings. The smallest absolute Gasteiger partial charge is 0.339 e. The van der Waals surface area contributed by atoms with Crippen LogP contribution in [0.5, 0.6) is 0 Å². The number of esters is 1. The lowest BCUT2D eigenvalue weighted by Gasteiger charge is -2.18. The van der Waals surface area contributed by atoms with Crippen LogP contribution in [0.15, 0.2) is 18.2 Å². The average Bonchev–Trinajstić information content (AvgIpc) is 2.86. The quantitative estimate of drug-likeness (QED) is 0.851. The van der Waals surface area contributed by atoms with Crippen LogP contribution in [0.1, 0.15) is 22.8 Å². The molecule has 0 unspecified atom stereocenters. The van der Waals surface area contributed by atoms with Gasteiger partial charge in [0.1, 0.15) is 5.82 Å². The van der Waals surface area contributed by atoms with Crippen molar-refractivity contribution in [3.05, 3.63) is 35.1 Å². The number of nitrogens with one attached hydrogen (secondary N) is 1. The van der Waals surface area contributed by atoms with E-state index in [0.29, 0.717) is 12.1 Å². The van der Waals surface area contributed by atoms with Gasteiger partial charge in [-0.15, -0.1) is 0 Å². The number of hydrogen-bond acceptors (Lipinski definition) is 4. The average molecular weight is 294 g/mol. The minimum Gasteiger partial charge on any atom is -0.449 e. The summed E-state index contributed by atoms with van der Waals surface area (Å²) in [5.74, 6) is -1.97. The number of nitrogens with zero attached hydrogens (tertiary/aromatic N) is 1. The van der Waals surface area contributed by atoms with Crippen LogP contribution in [-0.4, -0.2) is 42.0 Å². The van der Waals surface area contributed by atoms with Crippen LogP contribution in [0.2, 0.25) is 0 Å². The molecule has 21 heavy (non-hydrogen) atoms. The van der Waals surface area contributed by atoms with E-state index >= 15 is 0 Å². The second-order valence-electron chi connectivity index (χ2n) is 4.73. The molecule has 0 aliphatic carbocycles. The highest BCUT2D eigenvalue weighted by molar-refractivity contribution is 5.99. The number of urea groups is 1. The van der Waals surface area contributed by atoms with Crippen LogP contribution in [-0.2, 0) is 9.53 Å². The van der Waals surface area contributed by atoms with Gasteiger partial charge in [0, 0.05) is 13.1 Å². The van der Waals surface area contributed by atoms with Crippen LogP contribution in [0.4, 0.5) is 9.18 Å². The van der Waals surface area contributed by atoms with E-state index < -0.39 is 29.8 Å². The van der Waals surface area contributed by atoms with Crippen LogP contribution in [0, 0.1) is 12.7 Å². The van der Waals surface area contributed by atoms with Crippen molar-refractivity contribution in [2.45, 2.75) is 20.0 Å². The summed E-state index contributed by atoms with van der Waals surface area (Å²) in [6, 6.07) is 3.23. The highest BCUT2D eigenvalue weighted by Gasteiger charge is 2.31. The molecular weight excluding hydrogens is 279 g/mol. The predicted molar refractivity (Wildman–Crippen MR) is 71.1 cm³/mol. The fourth-order valence-electron chi connectivity index (χ4n) is 1.99. The topological polar surface area (TPSA) is 75.7 Å². The molecule has 1 aliphatic heterocycles. The summed E-state index contributed by atoms with van der Waals surface area (Å²) in [7, 11) is 0. The molecule has 1 heterocycles. The minimum atomic E-state index is -1.12. The largest absolute Gasteiger partial charge is 0.449 e. The molecule has 0 bridgehead atoms. The van der Waals surface area contributed by atoms with Crippen molar-refractivity contribution in [1.29, 1.82) is 0 Å². The van der Waals surface area contributed by atoms with Crippen molar-refractivity contribution in [2.24, 2.45) is 0 Å². The Morgan fingerprint density at radius 1 is 1.43 bits per heavy atom. The predicted octanol–water partition coefficient (Wildman–Crippen LogP) is 1.23. The first kappa shape index (κ1) is 15.0. The second kappa shape index (κ2) is 5.90. The maximum absolute atomic E-state index is 13.2. The zero-order valence-electron chi connectivity index (χ0n) is 11.7. The van der Waals surface area contributed by atoms with Gasteiger partial charge in [-0.3, -0.25) is 9.69 Å². The molecule has 0 spiro atoms. The Kier molecular flexibility index (Phi) is 4.21. The lowest BCUT2D eigenvalue weighted by Crippen LogP contribution is -2.41. The van der Waals surface area contributed by atoms with Crippen LogP contribution >= 0.6 is 0 Å². The summed E-state index contributed by atoms with van der Waals surface area (Å²) < 4.78 is 18.2. The first-order valence-electron chi connectivity index (χ1n) is 6.46. The third kappa shape index (κ3) is 3.18. The number of halogens is 1. The van der Waals surface area contributed by atoms with Crippen molar-refractivity contribution < 1.29 is 23.5 Å². The Bertz CT molecular complexity index is 603. The molecule has 1 aromatic carbocycles. The van der Waals surface area contributed by atoms with Gasteiger partial charge in [-0.25, -0.2) is 14.0 Å². The van der Waals surface area contributed by atoms with E-state index in [1.54, 1.807) is 6.92 Å². The molecule has 1 saturated heterocycles. The highest BCUT2D eigenvalue weighted by Crippen LogP contribution is 2.13. The number of amides is 3. The second-order valence-corrected chi connectivity index (χ2v) is 4.73. The standard InChI is InChI=1S/C14H15FN2O4/c1-8-3-4-10(15)7-11(8)13(19)21-9(2)12(18)17-6-5-16-14(17)20/h3-4,7,9H,5-6H2,1-2H3,(H,16,20)/t9-/m0/s1. The molecule has 0 radical (unpaired) electrons. The first-order valence-corrected chi connectivity index (χ1v) is 6.46. The molecule has 7 heteroatoms. The number of rotatable bonds is 3. The highest BCUT2D eigenvalue weighted by atomic mass is 19.1. The van der Waals surface area contributed by atoms with E-state index in [2.05, 4.69) is 5.32 Å². The number of carbonyl (C=O) groups excluding carboxylic acids is 3. The summed E-state index contributed by atoms with van der Waals surface area (Å²) in [5, 5.41) is 2.48. The van der Waals surface area contributed by atoms with E-state index in [9.17, 15) is 18.8 Å². The molecule has 1 N–H and O–H groups in total. The van der Waals surface area contributed by atoms with Crippen molar-refractivity contribution in [2.75, 3.05) is 13.1 Å². The summed E-state index contributed by atoms with van der Waals surface area (Å²) in [6.07, 6.45) is -1.12. The molecule has 1 atom stereocenters. The van der Waals surface area contributed by atoms with Gasteiger partial charge in [-0.2, -0.15) is 0 Å². The van der Waals surface area contributed by atoms with Gasteiger partial charge in [0.15, 0.2) is 6.10 Å². The molecule has 0 aromatic heterocycles. The summed E-state index contributed by atoms with van der Waals surface area (Å²) in [6.45, 7) is 3.61. The fourth-order valence-corrected chi connectivity index (χ4v) is 1.99. The van der Waals surface area contributed by atoms with E-state index in [0.717, 1.165) is 11.0 Å². The molecule has 3 amide bonds. The molecular formula is C14H15FN2O4. The number of imide groups is 1.